The Morgan fingerprint density at radius 3 is 2.42 bits per heavy atom. The van der Waals surface area contributed by atoms with Crippen molar-refractivity contribution in [2.75, 3.05) is 32.6 Å². The molecule has 1 aromatic heterocycles. The van der Waals surface area contributed by atoms with Gasteiger partial charge in [0.2, 0.25) is 5.95 Å². The van der Waals surface area contributed by atoms with Crippen molar-refractivity contribution in [1.82, 2.24) is 19.7 Å². The van der Waals surface area contributed by atoms with Gasteiger partial charge in [0, 0.05) is 25.2 Å². The zero-order valence-corrected chi connectivity index (χ0v) is 13.4. The van der Waals surface area contributed by atoms with E-state index in [1.165, 1.54) is 19.3 Å². The average Bonchev–Trinajstić information content (AvgIpc) is 2.64. The smallest absolute Gasteiger partial charge is 0.225 e. The summed E-state index contributed by atoms with van der Waals surface area (Å²) < 4.78 is 2.78. The van der Waals surface area contributed by atoms with Crippen molar-refractivity contribution >= 4 is 18.2 Å². The van der Waals surface area contributed by atoms with Crippen LogP contribution < -0.4 is 4.90 Å². The van der Waals surface area contributed by atoms with Gasteiger partial charge in [-0.15, -0.1) is 5.10 Å². The molecule has 0 spiro atoms. The summed E-state index contributed by atoms with van der Waals surface area (Å²) in [6.07, 6.45) is 3.84. The molecule has 0 unspecified atom stereocenters. The van der Waals surface area contributed by atoms with E-state index in [1.807, 2.05) is 0 Å². The third kappa shape index (κ3) is 2.56. The number of nitrogens with zero attached hydrogens (tertiary/aromatic N) is 4. The molecule has 0 saturated heterocycles. The van der Waals surface area contributed by atoms with Gasteiger partial charge >= 0.3 is 0 Å². The summed E-state index contributed by atoms with van der Waals surface area (Å²) in [5.41, 5.74) is 0.296. The maximum absolute atomic E-state index is 5.31. The Kier molecular flexibility index (Phi) is 4.01. The first-order chi connectivity index (χ1) is 8.87. The molecule has 2 rings (SSSR count). The van der Waals surface area contributed by atoms with Crippen molar-refractivity contribution in [3.63, 3.8) is 0 Å². The lowest BCUT2D eigenvalue weighted by Crippen LogP contribution is -2.57. The molecular formula is C13H25N5S. The molecule has 1 fully saturated rings. The summed E-state index contributed by atoms with van der Waals surface area (Å²) in [5.74, 6) is 0.938. The van der Waals surface area contributed by atoms with Crippen molar-refractivity contribution in [3.05, 3.63) is 4.77 Å². The Balaban J connectivity index is 2.21. The zero-order valence-electron chi connectivity index (χ0n) is 12.6. The second-order valence-electron chi connectivity index (χ2n) is 6.12. The maximum atomic E-state index is 5.31. The minimum atomic E-state index is 0.296. The molecule has 1 aromatic rings. The molecule has 5 nitrogen and oxygen atoms in total. The number of hydrogen-bond donors (Lipinski definition) is 1. The highest BCUT2D eigenvalue weighted by Gasteiger charge is 2.40. The van der Waals surface area contributed by atoms with Crippen LogP contribution in [0.15, 0.2) is 0 Å². The summed E-state index contributed by atoms with van der Waals surface area (Å²) in [6, 6.07) is 0.320. The number of nitrogens with one attached hydrogen (secondary N) is 1. The Morgan fingerprint density at radius 1 is 1.37 bits per heavy atom. The van der Waals surface area contributed by atoms with E-state index in [9.17, 15) is 0 Å². The lowest BCUT2D eigenvalue weighted by molar-refractivity contribution is 0.0678. The van der Waals surface area contributed by atoms with Crippen LogP contribution in [-0.4, -0.2) is 52.9 Å². The van der Waals surface area contributed by atoms with Crippen LogP contribution in [-0.2, 0) is 0 Å². The molecule has 0 bridgehead atoms. The number of aromatic amines is 1. The lowest BCUT2D eigenvalue weighted by atomic mass is 9.75. The molecule has 0 amide bonds. The topological polar surface area (TPSA) is 40.1 Å². The fourth-order valence-corrected chi connectivity index (χ4v) is 3.21. The molecule has 6 heteroatoms. The normalized spacial score (nSPS) is 17.8. The highest BCUT2D eigenvalue weighted by atomic mass is 32.1. The van der Waals surface area contributed by atoms with Gasteiger partial charge in [0.25, 0.3) is 0 Å². The second-order valence-corrected chi connectivity index (χ2v) is 6.51. The predicted octanol–water partition coefficient (Wildman–Crippen LogP) is 2.44. The van der Waals surface area contributed by atoms with E-state index >= 15 is 0 Å². The van der Waals surface area contributed by atoms with E-state index in [0.717, 1.165) is 12.5 Å². The fraction of sp³-hybridized carbons (Fsp3) is 0.846. The van der Waals surface area contributed by atoms with Crippen molar-refractivity contribution in [3.8, 4) is 0 Å². The van der Waals surface area contributed by atoms with Gasteiger partial charge in [-0.05, 0) is 59.4 Å². The molecule has 108 valence electrons. The highest BCUT2D eigenvalue weighted by Crippen LogP contribution is 2.37. The third-order valence-corrected chi connectivity index (χ3v) is 4.60. The van der Waals surface area contributed by atoms with Gasteiger partial charge in [-0.2, -0.15) is 0 Å². The van der Waals surface area contributed by atoms with Gasteiger partial charge in [0.1, 0.15) is 0 Å². The first kappa shape index (κ1) is 14.5. The lowest BCUT2D eigenvalue weighted by Gasteiger charge is -2.49. The summed E-state index contributed by atoms with van der Waals surface area (Å²) >= 11 is 5.31. The minimum absolute atomic E-state index is 0.296. The molecule has 19 heavy (non-hydrogen) atoms. The number of H-pyrrole nitrogens is 1. The summed E-state index contributed by atoms with van der Waals surface area (Å²) in [7, 11) is 6.45. The first-order valence-electron chi connectivity index (χ1n) is 6.93. The summed E-state index contributed by atoms with van der Waals surface area (Å²) in [6.45, 7) is 5.26. The Hall–Kier alpha value is -0.880. The Labute approximate surface area is 120 Å². The van der Waals surface area contributed by atoms with Gasteiger partial charge in [0.15, 0.2) is 4.77 Å². The van der Waals surface area contributed by atoms with Crippen LogP contribution in [0.1, 0.15) is 39.2 Å². The third-order valence-electron chi connectivity index (χ3n) is 4.31. The van der Waals surface area contributed by atoms with Gasteiger partial charge in [-0.25, -0.2) is 5.10 Å². The van der Waals surface area contributed by atoms with Crippen LogP contribution in [0.3, 0.4) is 0 Å². The molecule has 1 aliphatic rings. The monoisotopic (exact) mass is 283 g/mol. The first-order valence-corrected chi connectivity index (χ1v) is 7.34. The summed E-state index contributed by atoms with van der Waals surface area (Å²) in [4.78, 5) is 4.58. The van der Waals surface area contributed by atoms with Crippen molar-refractivity contribution < 1.29 is 0 Å². The van der Waals surface area contributed by atoms with E-state index in [1.54, 1.807) is 0 Å². The van der Waals surface area contributed by atoms with Crippen LogP contribution in [0, 0.1) is 4.77 Å². The maximum Gasteiger partial charge on any atom is 0.225 e. The number of rotatable bonds is 5. The van der Waals surface area contributed by atoms with Gasteiger partial charge < -0.3 is 9.80 Å². The molecule has 1 N–H and O–H groups in total. The molecule has 1 saturated carbocycles. The molecule has 0 atom stereocenters. The largest absolute Gasteiger partial charge is 0.342 e. The van der Waals surface area contributed by atoms with Crippen LogP contribution >= 0.6 is 12.2 Å². The zero-order chi connectivity index (χ0) is 14.2. The van der Waals surface area contributed by atoms with E-state index in [0.29, 0.717) is 16.4 Å². The van der Waals surface area contributed by atoms with Crippen molar-refractivity contribution in [1.29, 1.82) is 0 Å². The molecular weight excluding hydrogens is 258 g/mol. The highest BCUT2D eigenvalue weighted by molar-refractivity contribution is 7.71. The predicted molar refractivity (Wildman–Crippen MR) is 81.3 cm³/mol. The van der Waals surface area contributed by atoms with Crippen LogP contribution in [0.4, 0.5) is 5.95 Å². The molecule has 1 heterocycles. The van der Waals surface area contributed by atoms with Gasteiger partial charge in [-0.3, -0.25) is 4.57 Å². The average molecular weight is 283 g/mol. The van der Waals surface area contributed by atoms with E-state index in [2.05, 4.69) is 59.6 Å². The number of likely N-dealkylation sites (N-methyl/N-ethyl adjacent to an activating group) is 2. The minimum Gasteiger partial charge on any atom is -0.342 e. The van der Waals surface area contributed by atoms with Gasteiger partial charge in [-0.1, -0.05) is 0 Å². The standard InChI is InChI=1S/C13H25N5S/c1-10(2)18-11(14-15-12(18)19)17(5)9-13(16(3)4)7-6-8-13/h10H,6-9H2,1-5H3,(H,15,19). The Bertz CT molecular complexity index is 483. The Morgan fingerprint density at radius 2 is 2.00 bits per heavy atom. The van der Waals surface area contributed by atoms with E-state index in [4.69, 9.17) is 12.2 Å². The van der Waals surface area contributed by atoms with Crippen LogP contribution in [0.25, 0.3) is 0 Å². The van der Waals surface area contributed by atoms with Crippen LogP contribution in [0.2, 0.25) is 0 Å². The number of anilines is 1. The SMILES string of the molecule is CC(C)n1c(N(C)CC2(N(C)C)CCC2)n[nH]c1=S. The quantitative estimate of drug-likeness (QED) is 0.843. The second kappa shape index (κ2) is 5.25. The van der Waals surface area contributed by atoms with E-state index < -0.39 is 0 Å². The fourth-order valence-electron chi connectivity index (χ4n) is 2.87. The summed E-state index contributed by atoms with van der Waals surface area (Å²) in [5, 5.41) is 7.30. The van der Waals surface area contributed by atoms with Crippen LogP contribution in [0.5, 0.6) is 0 Å². The molecule has 0 radical (unpaired) electrons. The van der Waals surface area contributed by atoms with Crippen molar-refractivity contribution in [2.24, 2.45) is 0 Å². The number of aromatic nitrogens is 3. The van der Waals surface area contributed by atoms with Gasteiger partial charge in [0.05, 0.1) is 0 Å². The van der Waals surface area contributed by atoms with E-state index in [-0.39, 0.29) is 0 Å². The van der Waals surface area contributed by atoms with Crippen molar-refractivity contribution in [2.45, 2.75) is 44.7 Å². The molecule has 0 aliphatic heterocycles. The number of hydrogen-bond acceptors (Lipinski definition) is 4. The molecule has 1 aliphatic carbocycles. The molecule has 0 aromatic carbocycles.